The van der Waals surface area contributed by atoms with E-state index in [2.05, 4.69) is 26.6 Å². The predicted molar refractivity (Wildman–Crippen MR) is 110 cm³/mol. The molecule has 7 nitrogen and oxygen atoms in total. The predicted octanol–water partition coefficient (Wildman–Crippen LogP) is 4.52. The molecule has 28 heavy (non-hydrogen) atoms. The highest BCUT2D eigenvalue weighted by Gasteiger charge is 2.34. The Morgan fingerprint density at radius 1 is 0.929 bits per heavy atom. The van der Waals surface area contributed by atoms with Gasteiger partial charge in [0.25, 0.3) is 5.69 Å². The Morgan fingerprint density at radius 3 is 2.07 bits per heavy atom. The first-order chi connectivity index (χ1) is 13.4. The van der Waals surface area contributed by atoms with Crippen LogP contribution in [-0.2, 0) is 9.59 Å². The van der Waals surface area contributed by atoms with Crippen LogP contribution < -0.4 is 10.6 Å². The number of hydrogen-bond acceptors (Lipinski definition) is 4. The maximum atomic E-state index is 12.8. The Morgan fingerprint density at radius 2 is 1.50 bits per heavy atom. The van der Waals surface area contributed by atoms with Crippen molar-refractivity contribution in [2.24, 2.45) is 11.8 Å². The molecule has 2 atom stereocenters. The molecular weight excluding hydrogens is 426 g/mol. The molecule has 2 N–H and O–H groups in total. The molecule has 2 unspecified atom stereocenters. The number of rotatable bonds is 5. The fourth-order valence-electron chi connectivity index (χ4n) is 3.09. The molecule has 0 saturated heterocycles. The van der Waals surface area contributed by atoms with E-state index in [9.17, 15) is 19.7 Å². The fraction of sp³-hybridized carbons (Fsp3) is 0.200. The number of non-ortho nitro benzene ring substituents is 1. The summed E-state index contributed by atoms with van der Waals surface area (Å²) in [5.74, 6) is -1.64. The molecule has 0 radical (unpaired) electrons. The van der Waals surface area contributed by atoms with Crippen LogP contribution in [0.3, 0.4) is 0 Å². The zero-order valence-corrected chi connectivity index (χ0v) is 16.4. The quantitative estimate of drug-likeness (QED) is 0.402. The minimum absolute atomic E-state index is 0.106. The lowest BCUT2D eigenvalue weighted by atomic mass is 9.81. The Labute approximate surface area is 170 Å². The number of nitrogens with one attached hydrogen (secondary N) is 2. The molecule has 0 fully saturated rings. The minimum atomic E-state index is -0.556. The lowest BCUT2D eigenvalue weighted by Gasteiger charge is -2.26. The topological polar surface area (TPSA) is 101 Å². The molecule has 0 aliphatic heterocycles. The first-order valence-electron chi connectivity index (χ1n) is 8.71. The SMILES string of the molecule is O=C(Nc1ccc(Br)cc1)C1CC=CCC1C(=O)Nc1cccc([N+](=O)[O-])c1. The average molecular weight is 444 g/mol. The maximum absolute atomic E-state index is 12.8. The van der Waals surface area contributed by atoms with Gasteiger partial charge in [-0.3, -0.25) is 19.7 Å². The summed E-state index contributed by atoms with van der Waals surface area (Å²) >= 11 is 3.35. The van der Waals surface area contributed by atoms with Crippen molar-refractivity contribution in [3.05, 3.63) is 75.3 Å². The maximum Gasteiger partial charge on any atom is 0.271 e. The van der Waals surface area contributed by atoms with Gasteiger partial charge in [0.2, 0.25) is 11.8 Å². The Hall–Kier alpha value is -3.00. The summed E-state index contributed by atoms with van der Waals surface area (Å²) in [6.07, 6.45) is 4.65. The fourth-order valence-corrected chi connectivity index (χ4v) is 3.36. The van der Waals surface area contributed by atoms with Crippen molar-refractivity contribution in [2.45, 2.75) is 12.8 Å². The van der Waals surface area contributed by atoms with Crippen molar-refractivity contribution < 1.29 is 14.5 Å². The van der Waals surface area contributed by atoms with Crippen LogP contribution in [0.2, 0.25) is 0 Å². The lowest BCUT2D eigenvalue weighted by molar-refractivity contribution is -0.384. The van der Waals surface area contributed by atoms with Gasteiger partial charge in [0.15, 0.2) is 0 Å². The molecule has 3 rings (SSSR count). The third-order valence-electron chi connectivity index (χ3n) is 4.54. The van der Waals surface area contributed by atoms with Gasteiger partial charge < -0.3 is 10.6 Å². The van der Waals surface area contributed by atoms with Crippen LogP contribution in [-0.4, -0.2) is 16.7 Å². The second kappa shape index (κ2) is 8.79. The van der Waals surface area contributed by atoms with Gasteiger partial charge in [0, 0.05) is 28.0 Å². The highest BCUT2D eigenvalue weighted by molar-refractivity contribution is 9.10. The number of nitrogens with zero attached hydrogens (tertiary/aromatic N) is 1. The summed E-state index contributed by atoms with van der Waals surface area (Å²) in [4.78, 5) is 35.9. The standard InChI is InChI=1S/C20H18BrN3O4/c21-13-8-10-14(11-9-13)22-19(25)17-6-1-2-7-18(17)20(26)23-15-4-3-5-16(12-15)24(27)28/h1-5,8-12,17-18H,6-7H2,(H,22,25)(H,23,26). The molecular formula is C20H18BrN3O4. The van der Waals surface area contributed by atoms with Crippen LogP contribution in [0.25, 0.3) is 0 Å². The van der Waals surface area contributed by atoms with E-state index in [-0.39, 0.29) is 17.5 Å². The summed E-state index contributed by atoms with van der Waals surface area (Å²) in [5, 5.41) is 16.5. The third kappa shape index (κ3) is 4.83. The van der Waals surface area contributed by atoms with Crippen molar-refractivity contribution >= 4 is 44.8 Å². The lowest BCUT2D eigenvalue weighted by Crippen LogP contribution is -2.37. The van der Waals surface area contributed by atoms with Crippen molar-refractivity contribution in [1.82, 2.24) is 0 Å². The van der Waals surface area contributed by atoms with Gasteiger partial charge in [-0.05, 0) is 43.2 Å². The van der Waals surface area contributed by atoms with Gasteiger partial charge in [0.05, 0.1) is 16.8 Å². The molecule has 0 aromatic heterocycles. The monoisotopic (exact) mass is 443 g/mol. The molecule has 0 bridgehead atoms. The molecule has 0 heterocycles. The van der Waals surface area contributed by atoms with E-state index >= 15 is 0 Å². The Balaban J connectivity index is 1.71. The summed E-state index contributed by atoms with van der Waals surface area (Å²) < 4.78 is 0.903. The summed E-state index contributed by atoms with van der Waals surface area (Å²) in [6.45, 7) is 0. The number of benzene rings is 2. The van der Waals surface area contributed by atoms with E-state index in [4.69, 9.17) is 0 Å². The zero-order chi connectivity index (χ0) is 20.1. The van der Waals surface area contributed by atoms with Gasteiger partial charge in [-0.2, -0.15) is 0 Å². The molecule has 1 aliphatic carbocycles. The molecule has 2 amide bonds. The van der Waals surface area contributed by atoms with Crippen molar-refractivity contribution in [1.29, 1.82) is 0 Å². The normalized spacial score (nSPS) is 18.3. The van der Waals surface area contributed by atoms with Crippen LogP contribution >= 0.6 is 15.9 Å². The number of anilines is 2. The Kier molecular flexibility index (Phi) is 6.20. The highest BCUT2D eigenvalue weighted by atomic mass is 79.9. The summed E-state index contributed by atoms with van der Waals surface area (Å²) in [6, 6.07) is 12.9. The molecule has 8 heteroatoms. The number of nitro benzene ring substituents is 1. The molecule has 2 aromatic rings. The third-order valence-corrected chi connectivity index (χ3v) is 5.07. The van der Waals surface area contributed by atoms with Gasteiger partial charge in [-0.15, -0.1) is 0 Å². The van der Waals surface area contributed by atoms with Crippen LogP contribution in [0, 0.1) is 22.0 Å². The van der Waals surface area contributed by atoms with Crippen molar-refractivity contribution in [3.63, 3.8) is 0 Å². The van der Waals surface area contributed by atoms with Crippen molar-refractivity contribution in [3.8, 4) is 0 Å². The average Bonchev–Trinajstić information content (AvgIpc) is 2.70. The highest BCUT2D eigenvalue weighted by Crippen LogP contribution is 2.29. The van der Waals surface area contributed by atoms with E-state index in [0.29, 0.717) is 24.2 Å². The van der Waals surface area contributed by atoms with Gasteiger partial charge in [0.1, 0.15) is 0 Å². The first-order valence-corrected chi connectivity index (χ1v) is 9.50. The molecule has 0 saturated carbocycles. The van der Waals surface area contributed by atoms with Crippen LogP contribution in [0.4, 0.5) is 17.1 Å². The van der Waals surface area contributed by atoms with Crippen molar-refractivity contribution in [2.75, 3.05) is 10.6 Å². The second-order valence-electron chi connectivity index (χ2n) is 6.45. The first kappa shape index (κ1) is 19.8. The largest absolute Gasteiger partial charge is 0.326 e. The molecule has 2 aromatic carbocycles. The van der Waals surface area contributed by atoms with E-state index in [1.807, 2.05) is 24.3 Å². The number of hydrogen-bond donors (Lipinski definition) is 2. The van der Waals surface area contributed by atoms with E-state index in [1.54, 1.807) is 18.2 Å². The summed E-state index contributed by atoms with van der Waals surface area (Å²) in [7, 11) is 0. The van der Waals surface area contributed by atoms with E-state index in [0.717, 1.165) is 4.47 Å². The summed E-state index contributed by atoms with van der Waals surface area (Å²) in [5.41, 5.74) is 0.882. The number of nitro groups is 1. The second-order valence-corrected chi connectivity index (χ2v) is 7.36. The van der Waals surface area contributed by atoms with Gasteiger partial charge >= 0.3 is 0 Å². The van der Waals surface area contributed by atoms with E-state index < -0.39 is 16.8 Å². The van der Waals surface area contributed by atoms with Gasteiger partial charge in [-0.25, -0.2) is 0 Å². The van der Waals surface area contributed by atoms with Gasteiger partial charge in [-0.1, -0.05) is 34.1 Å². The number of halogens is 1. The number of amides is 2. The number of carbonyl (C=O) groups is 2. The smallest absolute Gasteiger partial charge is 0.271 e. The number of allylic oxidation sites excluding steroid dienone is 2. The van der Waals surface area contributed by atoms with Crippen LogP contribution in [0.5, 0.6) is 0 Å². The minimum Gasteiger partial charge on any atom is -0.326 e. The van der Waals surface area contributed by atoms with Crippen LogP contribution in [0.15, 0.2) is 65.2 Å². The van der Waals surface area contributed by atoms with E-state index in [1.165, 1.54) is 18.2 Å². The van der Waals surface area contributed by atoms with Crippen LogP contribution in [0.1, 0.15) is 12.8 Å². The molecule has 0 spiro atoms. The zero-order valence-electron chi connectivity index (χ0n) is 14.8. The molecule has 144 valence electrons. The molecule has 1 aliphatic rings. The Bertz CT molecular complexity index is 927. The number of carbonyl (C=O) groups excluding carboxylic acids is 2.